The summed E-state index contributed by atoms with van der Waals surface area (Å²) in [7, 11) is 0. The van der Waals surface area contributed by atoms with Crippen LogP contribution >= 0.6 is 11.8 Å². The highest BCUT2D eigenvalue weighted by atomic mass is 32.2. The second-order valence-electron chi connectivity index (χ2n) is 5.54. The summed E-state index contributed by atoms with van der Waals surface area (Å²) in [6.45, 7) is 8.90. The third kappa shape index (κ3) is 1.62. The zero-order chi connectivity index (χ0) is 11.8. The molecule has 1 spiro atoms. The fourth-order valence-electron chi connectivity index (χ4n) is 2.85. The van der Waals surface area contributed by atoms with Gasteiger partial charge in [-0.05, 0) is 24.0 Å². The smallest absolute Gasteiger partial charge is 0.191 e. The van der Waals surface area contributed by atoms with Crippen molar-refractivity contribution in [3.63, 3.8) is 0 Å². The highest BCUT2D eigenvalue weighted by Crippen LogP contribution is 2.47. The maximum atomic E-state index is 6.06. The van der Waals surface area contributed by atoms with Crippen molar-refractivity contribution in [2.24, 2.45) is 16.1 Å². The normalized spacial score (nSPS) is 33.2. The lowest BCUT2D eigenvalue weighted by Gasteiger charge is -2.52. The average Bonchev–Trinajstić information content (AvgIpc) is 2.53. The van der Waals surface area contributed by atoms with Gasteiger partial charge in [-0.15, -0.1) is 0 Å². The van der Waals surface area contributed by atoms with Gasteiger partial charge in [-0.2, -0.15) is 11.8 Å². The Balaban J connectivity index is 2.29. The first-order chi connectivity index (χ1) is 7.53. The number of hydrogen-bond acceptors (Lipinski definition) is 4. The van der Waals surface area contributed by atoms with E-state index in [1.165, 1.54) is 17.9 Å². The van der Waals surface area contributed by atoms with E-state index in [4.69, 9.17) is 5.73 Å². The van der Waals surface area contributed by atoms with Crippen molar-refractivity contribution in [3.8, 4) is 0 Å². The lowest BCUT2D eigenvalue weighted by molar-refractivity contribution is 0.0657. The van der Waals surface area contributed by atoms with Crippen LogP contribution in [-0.2, 0) is 0 Å². The number of hydrogen-bond donors (Lipinski definition) is 1. The molecule has 1 atom stereocenters. The van der Waals surface area contributed by atoms with Gasteiger partial charge >= 0.3 is 0 Å². The van der Waals surface area contributed by atoms with E-state index in [0.29, 0.717) is 5.41 Å². The topological polar surface area (TPSA) is 41.6 Å². The molecule has 3 nitrogen and oxygen atoms in total. The summed E-state index contributed by atoms with van der Waals surface area (Å²) in [6.07, 6.45) is 2.40. The van der Waals surface area contributed by atoms with Crippen molar-refractivity contribution in [2.45, 2.75) is 39.2 Å². The van der Waals surface area contributed by atoms with Gasteiger partial charge in [0.15, 0.2) is 5.96 Å². The molecule has 0 radical (unpaired) electrons. The molecule has 0 aromatic heterocycles. The quantitative estimate of drug-likeness (QED) is 0.803. The second-order valence-corrected chi connectivity index (χ2v) is 6.65. The van der Waals surface area contributed by atoms with Crippen LogP contribution in [0.5, 0.6) is 0 Å². The molecule has 1 unspecified atom stereocenters. The number of guanidine groups is 1. The van der Waals surface area contributed by atoms with Gasteiger partial charge in [0.05, 0.1) is 12.1 Å². The molecule has 2 rings (SSSR count). The van der Waals surface area contributed by atoms with E-state index in [9.17, 15) is 0 Å². The van der Waals surface area contributed by atoms with Crippen LogP contribution in [0, 0.1) is 5.41 Å². The Kier molecular flexibility index (Phi) is 3.12. The minimum absolute atomic E-state index is 0.177. The molecule has 0 aromatic rings. The molecule has 2 aliphatic rings. The third-order valence-electron chi connectivity index (χ3n) is 4.22. The first-order valence-electron chi connectivity index (χ1n) is 6.19. The monoisotopic (exact) mass is 241 g/mol. The average molecular weight is 241 g/mol. The zero-order valence-corrected chi connectivity index (χ0v) is 11.4. The van der Waals surface area contributed by atoms with Gasteiger partial charge in [0.25, 0.3) is 0 Å². The summed E-state index contributed by atoms with van der Waals surface area (Å²) in [5.74, 6) is 3.20. The summed E-state index contributed by atoms with van der Waals surface area (Å²) in [5, 5.41) is 0. The van der Waals surface area contributed by atoms with E-state index in [1.807, 2.05) is 0 Å². The fraction of sp³-hybridized carbons (Fsp3) is 0.917. The van der Waals surface area contributed by atoms with Crippen LogP contribution in [0.2, 0.25) is 0 Å². The number of thioether (sulfide) groups is 1. The Labute approximate surface area is 103 Å². The molecule has 4 heteroatoms. The van der Waals surface area contributed by atoms with Crippen molar-refractivity contribution in [3.05, 3.63) is 0 Å². The highest BCUT2D eigenvalue weighted by molar-refractivity contribution is 7.99. The molecule has 0 bridgehead atoms. The van der Waals surface area contributed by atoms with Crippen LogP contribution in [0.25, 0.3) is 0 Å². The van der Waals surface area contributed by atoms with Crippen LogP contribution in [0.3, 0.4) is 0 Å². The predicted molar refractivity (Wildman–Crippen MR) is 71.9 cm³/mol. The van der Waals surface area contributed by atoms with E-state index >= 15 is 0 Å². The van der Waals surface area contributed by atoms with Gasteiger partial charge in [-0.3, -0.25) is 4.99 Å². The maximum Gasteiger partial charge on any atom is 0.191 e. The van der Waals surface area contributed by atoms with Crippen LogP contribution in [0.15, 0.2) is 4.99 Å². The minimum atomic E-state index is 0.177. The number of aliphatic imine (C=N–C) groups is 1. The number of rotatable bonds is 2. The molecule has 2 aliphatic heterocycles. The molecule has 2 N–H and O–H groups in total. The summed E-state index contributed by atoms with van der Waals surface area (Å²) in [6, 6.07) is 0. The predicted octanol–water partition coefficient (Wildman–Crippen LogP) is 1.93. The number of nitrogens with two attached hydrogens (primary N) is 1. The van der Waals surface area contributed by atoms with Crippen LogP contribution in [-0.4, -0.2) is 41.0 Å². The van der Waals surface area contributed by atoms with Gasteiger partial charge in [0, 0.05) is 12.3 Å². The van der Waals surface area contributed by atoms with E-state index in [1.54, 1.807) is 0 Å². The van der Waals surface area contributed by atoms with Gasteiger partial charge in [-0.1, -0.05) is 20.8 Å². The highest BCUT2D eigenvalue weighted by Gasteiger charge is 2.53. The summed E-state index contributed by atoms with van der Waals surface area (Å²) >= 11 is 2.05. The lowest BCUT2D eigenvalue weighted by Crippen LogP contribution is -2.63. The molecule has 1 saturated heterocycles. The first-order valence-corrected chi connectivity index (χ1v) is 7.34. The maximum absolute atomic E-state index is 6.06. The summed E-state index contributed by atoms with van der Waals surface area (Å²) in [4.78, 5) is 6.89. The molecule has 92 valence electrons. The van der Waals surface area contributed by atoms with Gasteiger partial charge in [-0.25, -0.2) is 0 Å². The Morgan fingerprint density at radius 1 is 1.50 bits per heavy atom. The lowest BCUT2D eigenvalue weighted by atomic mass is 9.70. The van der Waals surface area contributed by atoms with Crippen LogP contribution in [0.1, 0.15) is 33.6 Å². The van der Waals surface area contributed by atoms with E-state index in [0.717, 1.165) is 25.5 Å². The van der Waals surface area contributed by atoms with Crippen molar-refractivity contribution in [2.75, 3.05) is 24.6 Å². The summed E-state index contributed by atoms with van der Waals surface area (Å²) < 4.78 is 0. The van der Waals surface area contributed by atoms with Crippen molar-refractivity contribution in [1.82, 2.24) is 4.90 Å². The van der Waals surface area contributed by atoms with Crippen LogP contribution in [0.4, 0.5) is 0 Å². The van der Waals surface area contributed by atoms with E-state index in [2.05, 4.69) is 42.4 Å². The van der Waals surface area contributed by atoms with Crippen molar-refractivity contribution in [1.29, 1.82) is 0 Å². The minimum Gasteiger partial charge on any atom is -0.370 e. The largest absolute Gasteiger partial charge is 0.370 e. The van der Waals surface area contributed by atoms with Gasteiger partial charge < -0.3 is 10.6 Å². The fourth-order valence-corrected chi connectivity index (χ4v) is 4.63. The molecule has 16 heavy (non-hydrogen) atoms. The Morgan fingerprint density at radius 3 is 2.88 bits per heavy atom. The molecule has 0 aromatic carbocycles. The Hall–Kier alpha value is -0.380. The first kappa shape index (κ1) is 12.1. The molecule has 1 fully saturated rings. The molecule has 2 heterocycles. The van der Waals surface area contributed by atoms with Gasteiger partial charge in [0.2, 0.25) is 0 Å². The van der Waals surface area contributed by atoms with Gasteiger partial charge in [0.1, 0.15) is 0 Å². The second kappa shape index (κ2) is 4.13. The van der Waals surface area contributed by atoms with E-state index < -0.39 is 0 Å². The standard InChI is InChI=1S/C12H23N3S/c1-4-6-15-10(13)14-8-12(15)9-16-7-5-11(12,2)3/h4-9H2,1-3H3,(H2,13,14). The molecule has 0 aliphatic carbocycles. The molecular weight excluding hydrogens is 218 g/mol. The molecular formula is C12H23N3S. The SMILES string of the molecule is CCCN1C(N)=NCC12CSCCC2(C)C. The molecule has 0 amide bonds. The summed E-state index contributed by atoms with van der Waals surface area (Å²) in [5.41, 5.74) is 6.55. The zero-order valence-electron chi connectivity index (χ0n) is 10.6. The molecule has 0 saturated carbocycles. The Morgan fingerprint density at radius 2 is 2.25 bits per heavy atom. The van der Waals surface area contributed by atoms with Crippen molar-refractivity contribution < 1.29 is 0 Å². The number of nitrogens with zero attached hydrogens (tertiary/aromatic N) is 2. The van der Waals surface area contributed by atoms with Crippen LogP contribution < -0.4 is 5.73 Å². The van der Waals surface area contributed by atoms with E-state index in [-0.39, 0.29) is 5.54 Å². The third-order valence-corrected chi connectivity index (χ3v) is 5.39. The van der Waals surface area contributed by atoms with Crippen molar-refractivity contribution >= 4 is 17.7 Å². The Bertz CT molecular complexity index is 301.